The minimum atomic E-state index is -0.0686. The summed E-state index contributed by atoms with van der Waals surface area (Å²) in [5, 5.41) is 12.0. The third-order valence-corrected chi connectivity index (χ3v) is 4.18. The van der Waals surface area contributed by atoms with Crippen LogP contribution in [-0.4, -0.2) is 35.7 Å². The monoisotopic (exact) mass is 326 g/mol. The molecule has 0 spiro atoms. The molecule has 2 rings (SSSR count). The van der Waals surface area contributed by atoms with Crippen LogP contribution in [0.5, 0.6) is 0 Å². The summed E-state index contributed by atoms with van der Waals surface area (Å²) in [6, 6.07) is 5.78. The minimum Gasteiger partial charge on any atom is -0.396 e. The van der Waals surface area contributed by atoms with Gasteiger partial charge < -0.3 is 15.3 Å². The SMILES string of the molecule is Cc1ccc(NC(=O)N2CCC(CO)CC2)c(Br)c1. The van der Waals surface area contributed by atoms with Gasteiger partial charge in [-0.15, -0.1) is 0 Å². The van der Waals surface area contributed by atoms with E-state index in [2.05, 4.69) is 21.2 Å². The zero-order chi connectivity index (χ0) is 13.8. The fourth-order valence-electron chi connectivity index (χ4n) is 2.23. The Morgan fingerprint density at radius 2 is 2.16 bits per heavy atom. The number of carbonyl (C=O) groups is 1. The Labute approximate surface area is 121 Å². The number of carbonyl (C=O) groups excluding carboxylic acids is 1. The van der Waals surface area contributed by atoms with Crippen LogP contribution >= 0.6 is 15.9 Å². The van der Waals surface area contributed by atoms with Gasteiger partial charge in [0.2, 0.25) is 0 Å². The Balaban J connectivity index is 1.94. The van der Waals surface area contributed by atoms with Crippen molar-refractivity contribution in [3.63, 3.8) is 0 Å². The van der Waals surface area contributed by atoms with Gasteiger partial charge in [0.15, 0.2) is 0 Å². The number of hydrogen-bond acceptors (Lipinski definition) is 2. The fraction of sp³-hybridized carbons (Fsp3) is 0.500. The van der Waals surface area contributed by atoms with Crippen LogP contribution in [0.2, 0.25) is 0 Å². The molecule has 19 heavy (non-hydrogen) atoms. The van der Waals surface area contributed by atoms with E-state index >= 15 is 0 Å². The van der Waals surface area contributed by atoms with E-state index in [9.17, 15) is 4.79 Å². The maximum absolute atomic E-state index is 12.1. The second-order valence-corrected chi connectivity index (χ2v) is 5.88. The molecule has 1 aliphatic rings. The molecule has 0 radical (unpaired) electrons. The number of piperidine rings is 1. The summed E-state index contributed by atoms with van der Waals surface area (Å²) in [5.74, 6) is 0.343. The van der Waals surface area contributed by atoms with Gasteiger partial charge in [-0.1, -0.05) is 6.07 Å². The summed E-state index contributed by atoms with van der Waals surface area (Å²) in [6.07, 6.45) is 1.75. The van der Waals surface area contributed by atoms with Crippen molar-refractivity contribution in [2.75, 3.05) is 25.0 Å². The molecule has 2 amide bonds. The highest BCUT2D eigenvalue weighted by molar-refractivity contribution is 9.10. The minimum absolute atomic E-state index is 0.0686. The Morgan fingerprint density at radius 1 is 1.47 bits per heavy atom. The largest absolute Gasteiger partial charge is 0.396 e. The third kappa shape index (κ3) is 3.70. The van der Waals surface area contributed by atoms with Crippen LogP contribution in [0.15, 0.2) is 22.7 Å². The number of hydrogen-bond donors (Lipinski definition) is 2. The van der Waals surface area contributed by atoms with E-state index in [-0.39, 0.29) is 12.6 Å². The van der Waals surface area contributed by atoms with Gasteiger partial charge in [-0.05, 0) is 59.3 Å². The quantitative estimate of drug-likeness (QED) is 0.877. The Bertz CT molecular complexity index is 457. The molecule has 0 aliphatic carbocycles. The van der Waals surface area contributed by atoms with E-state index in [0.717, 1.165) is 28.6 Å². The molecule has 5 heteroatoms. The normalized spacial score (nSPS) is 16.5. The molecule has 0 aromatic heterocycles. The Morgan fingerprint density at radius 3 is 2.74 bits per heavy atom. The third-order valence-electron chi connectivity index (χ3n) is 3.53. The first-order chi connectivity index (χ1) is 9.10. The van der Waals surface area contributed by atoms with Crippen LogP contribution in [-0.2, 0) is 0 Å². The smallest absolute Gasteiger partial charge is 0.321 e. The van der Waals surface area contributed by atoms with Gasteiger partial charge in [-0.25, -0.2) is 4.79 Å². The summed E-state index contributed by atoms with van der Waals surface area (Å²) in [7, 11) is 0. The number of aryl methyl sites for hydroxylation is 1. The van der Waals surface area contributed by atoms with Gasteiger partial charge in [0.05, 0.1) is 5.69 Å². The van der Waals surface area contributed by atoms with Gasteiger partial charge in [-0.3, -0.25) is 0 Å². The average molecular weight is 327 g/mol. The molecule has 0 unspecified atom stereocenters. The van der Waals surface area contributed by atoms with Crippen molar-refractivity contribution in [2.45, 2.75) is 19.8 Å². The standard InChI is InChI=1S/C14H19BrN2O2/c1-10-2-3-13(12(15)8-10)16-14(19)17-6-4-11(9-18)5-7-17/h2-3,8,11,18H,4-7,9H2,1H3,(H,16,19). The van der Waals surface area contributed by atoms with E-state index in [4.69, 9.17) is 5.11 Å². The fourth-order valence-corrected chi connectivity index (χ4v) is 2.83. The number of nitrogens with one attached hydrogen (secondary N) is 1. The predicted molar refractivity (Wildman–Crippen MR) is 79.3 cm³/mol. The highest BCUT2D eigenvalue weighted by Crippen LogP contribution is 2.24. The van der Waals surface area contributed by atoms with Crippen molar-refractivity contribution in [1.82, 2.24) is 4.90 Å². The molecule has 0 saturated carbocycles. The number of likely N-dealkylation sites (tertiary alicyclic amines) is 1. The van der Waals surface area contributed by atoms with E-state index in [1.54, 1.807) is 4.90 Å². The van der Waals surface area contributed by atoms with E-state index < -0.39 is 0 Å². The molecule has 1 fully saturated rings. The molecule has 1 aliphatic heterocycles. The number of benzene rings is 1. The van der Waals surface area contributed by atoms with Crippen LogP contribution in [0.1, 0.15) is 18.4 Å². The van der Waals surface area contributed by atoms with Crippen molar-refractivity contribution in [3.05, 3.63) is 28.2 Å². The summed E-state index contributed by atoms with van der Waals surface area (Å²) < 4.78 is 0.895. The first kappa shape index (κ1) is 14.3. The lowest BCUT2D eigenvalue weighted by Gasteiger charge is -2.31. The second-order valence-electron chi connectivity index (χ2n) is 5.03. The molecule has 1 aromatic carbocycles. The molecule has 2 N–H and O–H groups in total. The maximum atomic E-state index is 12.1. The van der Waals surface area contributed by atoms with Crippen molar-refractivity contribution < 1.29 is 9.90 Å². The first-order valence-electron chi connectivity index (χ1n) is 6.53. The van der Waals surface area contributed by atoms with Crippen molar-refractivity contribution in [1.29, 1.82) is 0 Å². The molecule has 4 nitrogen and oxygen atoms in total. The number of aliphatic hydroxyl groups is 1. The first-order valence-corrected chi connectivity index (χ1v) is 7.32. The molecular formula is C14H19BrN2O2. The summed E-state index contributed by atoms with van der Waals surface area (Å²) in [4.78, 5) is 13.9. The van der Waals surface area contributed by atoms with Crippen LogP contribution < -0.4 is 5.32 Å². The van der Waals surface area contributed by atoms with Crippen molar-refractivity contribution in [3.8, 4) is 0 Å². The van der Waals surface area contributed by atoms with Gasteiger partial charge in [0, 0.05) is 24.2 Å². The molecule has 0 atom stereocenters. The number of anilines is 1. The zero-order valence-corrected chi connectivity index (χ0v) is 12.6. The highest BCUT2D eigenvalue weighted by Gasteiger charge is 2.22. The Hall–Kier alpha value is -1.07. The highest BCUT2D eigenvalue weighted by atomic mass is 79.9. The Kier molecular flexibility index (Phi) is 4.82. The number of amides is 2. The number of urea groups is 1. The van der Waals surface area contributed by atoms with Crippen LogP contribution in [0.25, 0.3) is 0 Å². The maximum Gasteiger partial charge on any atom is 0.321 e. The van der Waals surface area contributed by atoms with Crippen LogP contribution in [0.4, 0.5) is 10.5 Å². The van der Waals surface area contributed by atoms with Gasteiger partial charge >= 0.3 is 6.03 Å². The van der Waals surface area contributed by atoms with Crippen molar-refractivity contribution >= 4 is 27.6 Å². The van der Waals surface area contributed by atoms with Gasteiger partial charge in [0.1, 0.15) is 0 Å². The molecule has 1 aromatic rings. The van der Waals surface area contributed by atoms with Gasteiger partial charge in [0.25, 0.3) is 0 Å². The van der Waals surface area contributed by atoms with E-state index in [1.807, 2.05) is 25.1 Å². The molecule has 1 saturated heterocycles. The second kappa shape index (κ2) is 6.39. The van der Waals surface area contributed by atoms with Gasteiger partial charge in [-0.2, -0.15) is 0 Å². The summed E-state index contributed by atoms with van der Waals surface area (Å²) in [5.41, 5.74) is 1.94. The average Bonchev–Trinajstić information content (AvgIpc) is 2.42. The lowest BCUT2D eigenvalue weighted by molar-refractivity contribution is 0.143. The van der Waals surface area contributed by atoms with E-state index in [0.29, 0.717) is 19.0 Å². The van der Waals surface area contributed by atoms with E-state index in [1.165, 1.54) is 0 Å². The zero-order valence-electron chi connectivity index (χ0n) is 11.0. The summed E-state index contributed by atoms with van der Waals surface area (Å²) >= 11 is 3.45. The molecular weight excluding hydrogens is 308 g/mol. The number of rotatable bonds is 2. The number of halogens is 1. The number of aliphatic hydroxyl groups excluding tert-OH is 1. The molecule has 104 valence electrons. The topological polar surface area (TPSA) is 52.6 Å². The van der Waals surface area contributed by atoms with Crippen molar-refractivity contribution in [2.24, 2.45) is 5.92 Å². The lowest BCUT2D eigenvalue weighted by Crippen LogP contribution is -2.41. The van der Waals surface area contributed by atoms with Crippen LogP contribution in [0, 0.1) is 12.8 Å². The molecule has 1 heterocycles. The number of nitrogens with zero attached hydrogens (tertiary/aromatic N) is 1. The lowest BCUT2D eigenvalue weighted by atomic mass is 9.98. The van der Waals surface area contributed by atoms with Crippen LogP contribution in [0.3, 0.4) is 0 Å². The predicted octanol–water partition coefficient (Wildman–Crippen LogP) is 2.99. The molecule has 0 bridgehead atoms. The summed E-state index contributed by atoms with van der Waals surface area (Å²) in [6.45, 7) is 3.65.